The summed E-state index contributed by atoms with van der Waals surface area (Å²) in [5.74, 6) is -0.00928. The summed E-state index contributed by atoms with van der Waals surface area (Å²) in [7, 11) is 2.02. The Morgan fingerprint density at radius 2 is 1.71 bits per heavy atom. The summed E-state index contributed by atoms with van der Waals surface area (Å²) in [6.45, 7) is 1.72. The van der Waals surface area contributed by atoms with E-state index in [9.17, 15) is 9.59 Å². The molecule has 28 heavy (non-hydrogen) atoms. The SMILES string of the molecule is Cn1cc([C@@H]2c3ccccc3C(=O)N2CC(=O)N2CCCC2)c2ccccc21. The number of benzene rings is 2. The molecule has 0 spiro atoms. The third-order valence-corrected chi connectivity index (χ3v) is 6.05. The number of carbonyl (C=O) groups is 2. The van der Waals surface area contributed by atoms with E-state index in [1.165, 1.54) is 0 Å². The minimum Gasteiger partial charge on any atom is -0.350 e. The van der Waals surface area contributed by atoms with Gasteiger partial charge in [0.2, 0.25) is 5.91 Å². The van der Waals surface area contributed by atoms with E-state index < -0.39 is 0 Å². The quantitative estimate of drug-likeness (QED) is 0.707. The number of carbonyl (C=O) groups excluding carboxylic acids is 2. The molecule has 1 atom stereocenters. The van der Waals surface area contributed by atoms with Gasteiger partial charge in [0.25, 0.3) is 5.91 Å². The van der Waals surface area contributed by atoms with Crippen LogP contribution >= 0.6 is 0 Å². The summed E-state index contributed by atoms with van der Waals surface area (Å²) >= 11 is 0. The normalized spacial score (nSPS) is 18.9. The van der Waals surface area contributed by atoms with Gasteiger partial charge in [0, 0.05) is 48.4 Å². The van der Waals surface area contributed by atoms with E-state index in [1.807, 2.05) is 48.3 Å². The molecule has 0 unspecified atom stereocenters. The number of para-hydroxylation sites is 1. The Bertz CT molecular complexity index is 1080. The molecule has 0 N–H and O–H groups in total. The maximum atomic E-state index is 13.2. The van der Waals surface area contributed by atoms with E-state index in [0.717, 1.165) is 48.0 Å². The number of fused-ring (bicyclic) bond motifs is 2. The van der Waals surface area contributed by atoms with E-state index in [1.54, 1.807) is 4.90 Å². The van der Waals surface area contributed by atoms with E-state index in [2.05, 4.69) is 22.9 Å². The van der Waals surface area contributed by atoms with Crippen molar-refractivity contribution in [2.45, 2.75) is 18.9 Å². The van der Waals surface area contributed by atoms with Crippen LogP contribution in [0.2, 0.25) is 0 Å². The van der Waals surface area contributed by atoms with Crippen LogP contribution in [0.15, 0.2) is 54.7 Å². The van der Waals surface area contributed by atoms with Crippen LogP contribution in [-0.4, -0.2) is 45.8 Å². The zero-order valence-electron chi connectivity index (χ0n) is 16.0. The molecule has 142 valence electrons. The molecular weight excluding hydrogens is 350 g/mol. The average molecular weight is 373 g/mol. The van der Waals surface area contributed by atoms with Gasteiger partial charge in [-0.1, -0.05) is 36.4 Å². The van der Waals surface area contributed by atoms with Crippen LogP contribution in [0.5, 0.6) is 0 Å². The first-order valence-electron chi connectivity index (χ1n) is 9.87. The molecule has 1 fully saturated rings. The summed E-state index contributed by atoms with van der Waals surface area (Å²) in [4.78, 5) is 29.7. The predicted octanol–water partition coefficient (Wildman–Crippen LogP) is 3.35. The van der Waals surface area contributed by atoms with E-state index in [-0.39, 0.29) is 24.4 Å². The zero-order valence-corrected chi connectivity index (χ0v) is 16.0. The second-order valence-corrected chi connectivity index (χ2v) is 7.72. The highest BCUT2D eigenvalue weighted by molar-refractivity contribution is 6.02. The second kappa shape index (κ2) is 6.51. The molecule has 0 radical (unpaired) electrons. The molecular formula is C23H23N3O2. The van der Waals surface area contributed by atoms with Gasteiger partial charge in [-0.3, -0.25) is 9.59 Å². The summed E-state index contributed by atoms with van der Waals surface area (Å²) in [6.07, 6.45) is 4.19. The third kappa shape index (κ3) is 2.53. The lowest BCUT2D eigenvalue weighted by Crippen LogP contribution is -2.40. The molecule has 0 aliphatic carbocycles. The molecule has 0 bridgehead atoms. The Labute approximate surface area is 164 Å². The van der Waals surface area contributed by atoms with Gasteiger partial charge in [0.1, 0.15) is 6.54 Å². The lowest BCUT2D eigenvalue weighted by molar-refractivity contribution is -0.131. The van der Waals surface area contributed by atoms with Gasteiger partial charge in [0.15, 0.2) is 0 Å². The highest BCUT2D eigenvalue weighted by atomic mass is 16.2. The molecule has 2 amide bonds. The van der Waals surface area contributed by atoms with Crippen molar-refractivity contribution in [1.29, 1.82) is 0 Å². The highest BCUT2D eigenvalue weighted by Gasteiger charge is 2.40. The predicted molar refractivity (Wildman–Crippen MR) is 108 cm³/mol. The summed E-state index contributed by atoms with van der Waals surface area (Å²) in [5, 5.41) is 1.12. The second-order valence-electron chi connectivity index (χ2n) is 7.72. The van der Waals surface area contributed by atoms with E-state index in [0.29, 0.717) is 5.56 Å². The molecule has 3 heterocycles. The number of likely N-dealkylation sites (tertiary alicyclic amines) is 1. The van der Waals surface area contributed by atoms with E-state index >= 15 is 0 Å². The van der Waals surface area contributed by atoms with Crippen LogP contribution in [0, 0.1) is 0 Å². The zero-order chi connectivity index (χ0) is 19.3. The molecule has 5 heteroatoms. The Morgan fingerprint density at radius 3 is 2.54 bits per heavy atom. The lowest BCUT2D eigenvalue weighted by atomic mass is 9.97. The fraction of sp³-hybridized carbons (Fsp3) is 0.304. The van der Waals surface area contributed by atoms with Crippen molar-refractivity contribution in [2.24, 2.45) is 7.05 Å². The van der Waals surface area contributed by atoms with Crippen molar-refractivity contribution in [3.63, 3.8) is 0 Å². The Kier molecular flexibility index (Phi) is 3.97. The molecule has 2 aliphatic heterocycles. The Morgan fingerprint density at radius 1 is 1.00 bits per heavy atom. The first-order valence-corrected chi connectivity index (χ1v) is 9.87. The first kappa shape index (κ1) is 17.0. The summed E-state index contributed by atoms with van der Waals surface area (Å²) in [5.41, 5.74) is 3.89. The van der Waals surface area contributed by atoms with Crippen molar-refractivity contribution in [3.8, 4) is 0 Å². The van der Waals surface area contributed by atoms with Crippen LogP contribution in [0.3, 0.4) is 0 Å². The van der Waals surface area contributed by atoms with Gasteiger partial charge in [-0.05, 0) is 30.5 Å². The van der Waals surface area contributed by atoms with Gasteiger partial charge in [0.05, 0.1) is 6.04 Å². The standard InChI is InChI=1S/C23H23N3O2/c1-24-14-19(16-8-4-5-11-20(16)24)22-17-9-2-3-10-18(17)23(28)26(22)15-21(27)25-12-6-7-13-25/h2-5,8-11,14,22H,6-7,12-13,15H2,1H3/t22-/m0/s1. The van der Waals surface area contributed by atoms with Gasteiger partial charge < -0.3 is 14.4 Å². The van der Waals surface area contributed by atoms with Gasteiger partial charge in [-0.2, -0.15) is 0 Å². The average Bonchev–Trinajstić information content (AvgIpc) is 3.42. The summed E-state index contributed by atoms with van der Waals surface area (Å²) in [6, 6.07) is 15.7. The fourth-order valence-electron chi connectivity index (χ4n) is 4.67. The van der Waals surface area contributed by atoms with Crippen molar-refractivity contribution >= 4 is 22.7 Å². The Hall–Kier alpha value is -3.08. The number of rotatable bonds is 3. The molecule has 2 aliphatic rings. The van der Waals surface area contributed by atoms with E-state index in [4.69, 9.17) is 0 Å². The number of amides is 2. The highest BCUT2D eigenvalue weighted by Crippen LogP contribution is 2.41. The molecule has 1 saturated heterocycles. The molecule has 5 rings (SSSR count). The maximum absolute atomic E-state index is 13.2. The topological polar surface area (TPSA) is 45.6 Å². The maximum Gasteiger partial charge on any atom is 0.255 e. The largest absolute Gasteiger partial charge is 0.350 e. The monoisotopic (exact) mass is 373 g/mol. The van der Waals surface area contributed by atoms with Crippen LogP contribution in [0.1, 0.15) is 40.4 Å². The van der Waals surface area contributed by atoms with Crippen molar-refractivity contribution < 1.29 is 9.59 Å². The van der Waals surface area contributed by atoms with Gasteiger partial charge >= 0.3 is 0 Å². The number of hydrogen-bond donors (Lipinski definition) is 0. The third-order valence-electron chi connectivity index (χ3n) is 6.05. The van der Waals surface area contributed by atoms with Crippen molar-refractivity contribution in [3.05, 3.63) is 71.4 Å². The Balaban J connectivity index is 1.61. The minimum absolute atomic E-state index is 0.0453. The number of aryl methyl sites for hydroxylation is 1. The van der Waals surface area contributed by atoms with Crippen LogP contribution < -0.4 is 0 Å². The van der Waals surface area contributed by atoms with Crippen molar-refractivity contribution in [2.75, 3.05) is 19.6 Å². The molecule has 5 nitrogen and oxygen atoms in total. The van der Waals surface area contributed by atoms with Crippen LogP contribution in [-0.2, 0) is 11.8 Å². The van der Waals surface area contributed by atoms with Crippen LogP contribution in [0.4, 0.5) is 0 Å². The number of hydrogen-bond acceptors (Lipinski definition) is 2. The molecule has 0 saturated carbocycles. The van der Waals surface area contributed by atoms with Crippen LogP contribution in [0.25, 0.3) is 10.9 Å². The first-order chi connectivity index (χ1) is 13.6. The molecule has 2 aromatic carbocycles. The van der Waals surface area contributed by atoms with Gasteiger partial charge in [-0.25, -0.2) is 0 Å². The molecule has 3 aromatic rings. The van der Waals surface area contributed by atoms with Gasteiger partial charge in [-0.15, -0.1) is 0 Å². The minimum atomic E-state index is -0.235. The van der Waals surface area contributed by atoms with Crippen molar-refractivity contribution in [1.82, 2.24) is 14.4 Å². The number of nitrogens with zero attached hydrogens (tertiary/aromatic N) is 3. The molecule has 1 aromatic heterocycles. The summed E-state index contributed by atoms with van der Waals surface area (Å²) < 4.78 is 2.09. The lowest BCUT2D eigenvalue weighted by Gasteiger charge is -2.27. The fourth-order valence-corrected chi connectivity index (χ4v) is 4.67. The number of aromatic nitrogens is 1. The smallest absolute Gasteiger partial charge is 0.255 e.